The Balaban J connectivity index is 1.47. The molecule has 29 heavy (non-hydrogen) atoms. The Labute approximate surface area is 172 Å². The van der Waals surface area contributed by atoms with Crippen molar-refractivity contribution in [1.82, 2.24) is 4.98 Å². The Morgan fingerprint density at radius 1 is 0.862 bits per heavy atom. The van der Waals surface area contributed by atoms with Crippen molar-refractivity contribution in [3.63, 3.8) is 0 Å². The van der Waals surface area contributed by atoms with Crippen molar-refractivity contribution in [2.24, 2.45) is 0 Å². The molecule has 1 fully saturated rings. The Kier molecular flexibility index (Phi) is 5.75. The maximum absolute atomic E-state index is 13.1. The molecule has 5 nitrogen and oxygen atoms in total. The van der Waals surface area contributed by atoms with E-state index in [1.165, 1.54) is 5.69 Å². The second kappa shape index (κ2) is 8.78. The van der Waals surface area contributed by atoms with Crippen LogP contribution in [0, 0.1) is 0 Å². The number of carbonyl (C=O) groups is 1. The molecule has 2 heterocycles. The lowest BCUT2D eigenvalue weighted by Crippen LogP contribution is -2.46. The summed E-state index contributed by atoms with van der Waals surface area (Å²) in [4.78, 5) is 23.9. The molecule has 0 radical (unpaired) electrons. The van der Waals surface area contributed by atoms with Crippen LogP contribution in [0.1, 0.15) is 17.4 Å². The Bertz CT molecular complexity index is 937. The second-order valence-corrected chi connectivity index (χ2v) is 7.09. The average Bonchev–Trinajstić information content (AvgIpc) is 2.81. The third-order valence-corrected chi connectivity index (χ3v) is 5.36. The molecule has 1 amide bonds. The van der Waals surface area contributed by atoms with Crippen molar-refractivity contribution in [3.8, 4) is 0 Å². The molecule has 0 spiro atoms. The van der Waals surface area contributed by atoms with Gasteiger partial charge in [0.1, 0.15) is 5.69 Å². The summed E-state index contributed by atoms with van der Waals surface area (Å²) in [5.74, 6) is -0.0662. The molecule has 3 aromatic rings. The molecule has 4 rings (SSSR count). The number of aromatic nitrogens is 1. The van der Waals surface area contributed by atoms with Gasteiger partial charge in [0, 0.05) is 56.0 Å². The topological polar surface area (TPSA) is 39.7 Å². The first-order valence-electron chi connectivity index (χ1n) is 10.1. The van der Waals surface area contributed by atoms with Crippen molar-refractivity contribution in [2.45, 2.75) is 6.92 Å². The van der Waals surface area contributed by atoms with Crippen molar-refractivity contribution in [1.29, 1.82) is 0 Å². The molecule has 0 aliphatic carbocycles. The average molecular weight is 386 g/mol. The van der Waals surface area contributed by atoms with Crippen LogP contribution in [0.15, 0.2) is 79.0 Å². The molecule has 1 aliphatic heterocycles. The predicted octanol–water partition coefficient (Wildman–Crippen LogP) is 4.07. The number of anilines is 3. The normalized spacial score (nSPS) is 14.0. The van der Waals surface area contributed by atoms with Gasteiger partial charge in [0.25, 0.3) is 5.91 Å². The number of para-hydroxylation sites is 2. The highest BCUT2D eigenvalue weighted by atomic mass is 16.2. The van der Waals surface area contributed by atoms with Gasteiger partial charge in [-0.25, -0.2) is 0 Å². The minimum Gasteiger partial charge on any atom is -0.368 e. The molecular weight excluding hydrogens is 360 g/mol. The number of rotatable bonds is 5. The van der Waals surface area contributed by atoms with Crippen LogP contribution < -0.4 is 14.7 Å². The monoisotopic (exact) mass is 386 g/mol. The van der Waals surface area contributed by atoms with Crippen LogP contribution in [0.2, 0.25) is 0 Å². The van der Waals surface area contributed by atoms with E-state index in [-0.39, 0.29) is 5.91 Å². The van der Waals surface area contributed by atoms with Gasteiger partial charge in [0.15, 0.2) is 0 Å². The number of hydrogen-bond acceptors (Lipinski definition) is 4. The van der Waals surface area contributed by atoms with Crippen molar-refractivity contribution >= 4 is 23.0 Å². The van der Waals surface area contributed by atoms with Crippen molar-refractivity contribution < 1.29 is 4.79 Å². The lowest BCUT2D eigenvalue weighted by Gasteiger charge is -2.37. The predicted molar refractivity (Wildman–Crippen MR) is 119 cm³/mol. The molecule has 0 atom stereocenters. The molecule has 0 saturated carbocycles. The van der Waals surface area contributed by atoms with E-state index in [2.05, 4.69) is 39.0 Å². The molecule has 1 aliphatic rings. The zero-order valence-corrected chi connectivity index (χ0v) is 16.7. The third-order valence-electron chi connectivity index (χ3n) is 5.36. The Hall–Kier alpha value is -3.34. The molecular formula is C24H26N4O. The molecule has 0 bridgehead atoms. The summed E-state index contributed by atoms with van der Waals surface area (Å²) in [7, 11) is 0. The van der Waals surface area contributed by atoms with Gasteiger partial charge in [-0.1, -0.05) is 36.4 Å². The van der Waals surface area contributed by atoms with Crippen LogP contribution in [0.25, 0.3) is 0 Å². The van der Waals surface area contributed by atoms with E-state index in [0.717, 1.165) is 37.6 Å². The fraction of sp³-hybridized carbons (Fsp3) is 0.250. The fourth-order valence-corrected chi connectivity index (χ4v) is 3.78. The fourth-order valence-electron chi connectivity index (χ4n) is 3.78. The van der Waals surface area contributed by atoms with Crippen LogP contribution in [0.3, 0.4) is 0 Å². The largest absolute Gasteiger partial charge is 0.368 e. The zero-order valence-electron chi connectivity index (χ0n) is 16.7. The summed E-state index contributed by atoms with van der Waals surface area (Å²) < 4.78 is 0. The summed E-state index contributed by atoms with van der Waals surface area (Å²) in [5, 5.41) is 0. The van der Waals surface area contributed by atoms with E-state index >= 15 is 0 Å². The zero-order chi connectivity index (χ0) is 20.1. The SMILES string of the molecule is CCN(C(=O)c1cc(N2CCN(c3ccccc3)CC2)ccn1)c1ccccc1. The number of nitrogens with zero attached hydrogens (tertiary/aromatic N) is 4. The Morgan fingerprint density at radius 3 is 2.07 bits per heavy atom. The number of amides is 1. The lowest BCUT2D eigenvalue weighted by molar-refractivity contribution is 0.0983. The number of carbonyl (C=O) groups excluding carboxylic acids is 1. The van der Waals surface area contributed by atoms with Crippen LogP contribution in [-0.2, 0) is 0 Å². The van der Waals surface area contributed by atoms with Crippen molar-refractivity contribution in [3.05, 3.63) is 84.7 Å². The highest BCUT2D eigenvalue weighted by molar-refractivity contribution is 6.05. The standard InChI is InChI=1S/C24H26N4O/c1-2-28(21-11-7-4-8-12-21)24(29)23-19-22(13-14-25-23)27-17-15-26(16-18-27)20-9-5-3-6-10-20/h3-14,19H,2,15-18H2,1H3. The van der Waals surface area contributed by atoms with Gasteiger partial charge in [-0.3, -0.25) is 9.78 Å². The number of pyridine rings is 1. The van der Waals surface area contributed by atoms with Crippen molar-refractivity contribution in [2.75, 3.05) is 47.4 Å². The number of benzene rings is 2. The van der Waals surface area contributed by atoms with Gasteiger partial charge >= 0.3 is 0 Å². The smallest absolute Gasteiger partial charge is 0.276 e. The van der Waals surface area contributed by atoms with E-state index in [0.29, 0.717) is 12.2 Å². The summed E-state index contributed by atoms with van der Waals surface area (Å²) in [6.45, 7) is 6.34. The van der Waals surface area contributed by atoms with Gasteiger partial charge < -0.3 is 14.7 Å². The van der Waals surface area contributed by atoms with Crippen LogP contribution in [0.5, 0.6) is 0 Å². The maximum atomic E-state index is 13.1. The molecule has 5 heteroatoms. The highest BCUT2D eigenvalue weighted by Gasteiger charge is 2.21. The molecule has 1 aromatic heterocycles. The van der Waals surface area contributed by atoms with Gasteiger partial charge in [-0.2, -0.15) is 0 Å². The quantitative estimate of drug-likeness (QED) is 0.663. The minimum atomic E-state index is -0.0662. The van der Waals surface area contributed by atoms with E-state index in [1.807, 2.05) is 55.5 Å². The third kappa shape index (κ3) is 4.24. The molecule has 2 aromatic carbocycles. The molecule has 1 saturated heterocycles. The maximum Gasteiger partial charge on any atom is 0.276 e. The van der Waals surface area contributed by atoms with Gasteiger partial charge in [-0.15, -0.1) is 0 Å². The summed E-state index contributed by atoms with van der Waals surface area (Å²) in [6.07, 6.45) is 1.74. The first kappa shape index (κ1) is 19.0. The number of hydrogen-bond donors (Lipinski definition) is 0. The summed E-state index contributed by atoms with van der Waals surface area (Å²) in [5.41, 5.74) is 3.70. The molecule has 148 valence electrons. The minimum absolute atomic E-state index is 0.0662. The second-order valence-electron chi connectivity index (χ2n) is 7.09. The van der Waals surface area contributed by atoms with Crippen LogP contribution in [-0.4, -0.2) is 43.6 Å². The van der Waals surface area contributed by atoms with Gasteiger partial charge in [-0.05, 0) is 43.3 Å². The van der Waals surface area contributed by atoms with E-state index < -0.39 is 0 Å². The lowest BCUT2D eigenvalue weighted by atomic mass is 10.2. The van der Waals surface area contributed by atoms with E-state index in [4.69, 9.17) is 0 Å². The van der Waals surface area contributed by atoms with Gasteiger partial charge in [0.2, 0.25) is 0 Å². The number of piperazine rings is 1. The van der Waals surface area contributed by atoms with E-state index in [9.17, 15) is 4.79 Å². The highest BCUT2D eigenvalue weighted by Crippen LogP contribution is 2.22. The van der Waals surface area contributed by atoms with E-state index in [1.54, 1.807) is 11.1 Å². The summed E-state index contributed by atoms with van der Waals surface area (Å²) >= 11 is 0. The van der Waals surface area contributed by atoms with Gasteiger partial charge in [0.05, 0.1) is 0 Å². The first-order valence-corrected chi connectivity index (χ1v) is 10.1. The Morgan fingerprint density at radius 2 is 1.45 bits per heavy atom. The van der Waals surface area contributed by atoms with Crippen LogP contribution in [0.4, 0.5) is 17.1 Å². The molecule has 0 unspecified atom stereocenters. The van der Waals surface area contributed by atoms with Crippen LogP contribution >= 0.6 is 0 Å². The summed E-state index contributed by atoms with van der Waals surface area (Å²) in [6, 6.07) is 24.2. The first-order chi connectivity index (χ1) is 14.3. The molecule has 0 N–H and O–H groups in total.